The number of carbonyl (C=O) groups excluding carboxylic acids is 1. The Morgan fingerprint density at radius 3 is 1.75 bits per heavy atom. The Morgan fingerprint density at radius 2 is 1.19 bits per heavy atom. The third kappa shape index (κ3) is 9.00. The minimum Gasteiger partial charge on any atom is -0.378 e. The summed E-state index contributed by atoms with van der Waals surface area (Å²) in [5.41, 5.74) is 3.58. The average Bonchev–Trinajstić information content (AvgIpc) is 2.91. The first kappa shape index (κ1) is 28.3. The van der Waals surface area contributed by atoms with Gasteiger partial charge in [-0.25, -0.2) is 4.99 Å². The van der Waals surface area contributed by atoms with Crippen molar-refractivity contribution in [3.63, 3.8) is 0 Å². The van der Waals surface area contributed by atoms with Crippen LogP contribution in [0.4, 0.5) is 5.69 Å². The van der Waals surface area contributed by atoms with E-state index in [-0.39, 0.29) is 5.78 Å². The van der Waals surface area contributed by atoms with Crippen molar-refractivity contribution in [2.45, 2.75) is 122 Å². The van der Waals surface area contributed by atoms with Gasteiger partial charge in [0.2, 0.25) is 0 Å². The van der Waals surface area contributed by atoms with E-state index in [0.29, 0.717) is 17.0 Å². The van der Waals surface area contributed by atoms with Crippen LogP contribution in [0.1, 0.15) is 131 Å². The lowest BCUT2D eigenvalue weighted by molar-refractivity contribution is 0.0841. The monoisotopic (exact) mass is 489 g/mol. The van der Waals surface area contributed by atoms with Crippen LogP contribution in [0.2, 0.25) is 0 Å². The fraction of sp³-hybridized carbons (Fsp3) is 0.576. The Hall–Kier alpha value is -2.26. The minimum atomic E-state index is -1.19. The second-order valence-corrected chi connectivity index (χ2v) is 10.5. The molecule has 0 aromatic heterocycles. The van der Waals surface area contributed by atoms with Crippen LogP contribution in [0.25, 0.3) is 0 Å². The molecule has 0 saturated carbocycles. The maximum atomic E-state index is 13.1. The van der Waals surface area contributed by atoms with Crippen LogP contribution in [0.5, 0.6) is 0 Å². The number of aliphatic imine (C=N–C) groups is 1. The van der Waals surface area contributed by atoms with E-state index in [1.807, 2.05) is 48.5 Å². The van der Waals surface area contributed by atoms with E-state index in [9.17, 15) is 9.90 Å². The van der Waals surface area contributed by atoms with Crippen LogP contribution in [-0.4, -0.2) is 22.7 Å². The quantitative estimate of drug-likeness (QED) is 0.212. The maximum absolute atomic E-state index is 13.1. The highest BCUT2D eigenvalue weighted by Gasteiger charge is 2.32. The summed E-state index contributed by atoms with van der Waals surface area (Å²) >= 11 is 0. The predicted octanol–water partition coefficient (Wildman–Crippen LogP) is 9.17. The van der Waals surface area contributed by atoms with E-state index in [2.05, 4.69) is 11.9 Å². The van der Waals surface area contributed by atoms with Gasteiger partial charge in [0.15, 0.2) is 11.9 Å². The first-order valence-electron chi connectivity index (χ1n) is 14.7. The molecule has 196 valence electrons. The highest BCUT2D eigenvalue weighted by Crippen LogP contribution is 2.31. The summed E-state index contributed by atoms with van der Waals surface area (Å²) in [6, 6.07) is 15.4. The number of aliphatic hydroxyl groups is 1. The first-order chi connectivity index (χ1) is 17.7. The van der Waals surface area contributed by atoms with Gasteiger partial charge in [0.1, 0.15) is 0 Å². The van der Waals surface area contributed by atoms with Crippen LogP contribution >= 0.6 is 0 Å². The zero-order valence-corrected chi connectivity index (χ0v) is 22.5. The molecule has 1 atom stereocenters. The zero-order chi connectivity index (χ0) is 25.4. The molecule has 0 spiro atoms. The molecule has 3 rings (SSSR count). The molecule has 1 aliphatic heterocycles. The van der Waals surface area contributed by atoms with Crippen molar-refractivity contribution in [2.24, 2.45) is 4.99 Å². The summed E-state index contributed by atoms with van der Waals surface area (Å²) in [7, 11) is 0. The molecule has 1 heterocycles. The highest BCUT2D eigenvalue weighted by molar-refractivity contribution is 6.25. The Bertz CT molecular complexity index is 934. The summed E-state index contributed by atoms with van der Waals surface area (Å²) < 4.78 is 0. The van der Waals surface area contributed by atoms with Crippen molar-refractivity contribution in [3.05, 3.63) is 65.2 Å². The van der Waals surface area contributed by atoms with Gasteiger partial charge in [0.05, 0.1) is 11.4 Å². The average molecular weight is 490 g/mol. The lowest BCUT2D eigenvalue weighted by atomic mass is 9.89. The molecule has 2 aromatic carbocycles. The molecular formula is C33H47NO2. The third-order valence-electron chi connectivity index (χ3n) is 7.49. The number of carbonyl (C=O) groups is 1. The molecule has 0 amide bonds. The number of Topliss-reactive ketones (excluding diaryl/α,β-unsaturated/α-hetero) is 1. The highest BCUT2D eigenvalue weighted by atomic mass is 16.3. The topological polar surface area (TPSA) is 49.7 Å². The lowest BCUT2D eigenvalue weighted by Gasteiger charge is -2.22. The molecule has 36 heavy (non-hydrogen) atoms. The molecule has 3 heteroatoms. The van der Waals surface area contributed by atoms with E-state index in [1.165, 1.54) is 96.3 Å². The van der Waals surface area contributed by atoms with Gasteiger partial charge in [-0.15, -0.1) is 0 Å². The number of rotatable bonds is 18. The van der Waals surface area contributed by atoms with Crippen LogP contribution in [0.15, 0.2) is 53.5 Å². The van der Waals surface area contributed by atoms with E-state index >= 15 is 0 Å². The maximum Gasteiger partial charge on any atom is 0.199 e. The fourth-order valence-electron chi connectivity index (χ4n) is 5.32. The van der Waals surface area contributed by atoms with Crippen molar-refractivity contribution in [1.29, 1.82) is 0 Å². The van der Waals surface area contributed by atoms with Crippen LogP contribution in [0, 0.1) is 0 Å². The van der Waals surface area contributed by atoms with E-state index in [4.69, 9.17) is 0 Å². The van der Waals surface area contributed by atoms with Crippen LogP contribution in [-0.2, 0) is 6.42 Å². The van der Waals surface area contributed by atoms with E-state index < -0.39 is 6.10 Å². The number of aryl methyl sites for hydroxylation is 1. The molecule has 2 aromatic rings. The number of ketones is 1. The van der Waals surface area contributed by atoms with Crippen molar-refractivity contribution >= 4 is 17.2 Å². The second-order valence-electron chi connectivity index (χ2n) is 10.5. The number of aliphatic hydroxyl groups excluding tert-OH is 1. The molecule has 0 aliphatic carbocycles. The van der Waals surface area contributed by atoms with Gasteiger partial charge in [-0.1, -0.05) is 146 Å². The first-order valence-corrected chi connectivity index (χ1v) is 14.7. The number of unbranched alkanes of at least 4 members (excludes halogenated alkanes) is 15. The van der Waals surface area contributed by atoms with Gasteiger partial charge in [-0.3, -0.25) is 4.79 Å². The summed E-state index contributed by atoms with van der Waals surface area (Å²) in [5, 5.41) is 10.7. The summed E-state index contributed by atoms with van der Waals surface area (Å²) in [5.74, 6) is -0.217. The van der Waals surface area contributed by atoms with Gasteiger partial charge in [-0.2, -0.15) is 0 Å². The molecule has 1 aliphatic rings. The van der Waals surface area contributed by atoms with Gasteiger partial charge in [-0.05, 0) is 30.0 Å². The van der Waals surface area contributed by atoms with Gasteiger partial charge >= 0.3 is 0 Å². The van der Waals surface area contributed by atoms with Crippen molar-refractivity contribution in [2.75, 3.05) is 0 Å². The Kier molecular flexibility index (Phi) is 13.0. The second kappa shape index (κ2) is 16.5. The van der Waals surface area contributed by atoms with Crippen LogP contribution in [0.3, 0.4) is 0 Å². The lowest BCUT2D eigenvalue weighted by Crippen LogP contribution is -2.34. The van der Waals surface area contributed by atoms with Gasteiger partial charge < -0.3 is 5.11 Å². The number of fused-ring (bicyclic) bond motifs is 1. The normalized spacial score (nSPS) is 15.1. The van der Waals surface area contributed by atoms with Crippen molar-refractivity contribution < 1.29 is 9.90 Å². The molecular weight excluding hydrogens is 442 g/mol. The largest absolute Gasteiger partial charge is 0.378 e. The third-order valence-corrected chi connectivity index (χ3v) is 7.49. The number of nitrogens with zero attached hydrogens (tertiary/aromatic N) is 1. The fourth-order valence-corrected chi connectivity index (χ4v) is 5.32. The Morgan fingerprint density at radius 1 is 0.667 bits per heavy atom. The Labute approximate surface area is 219 Å². The minimum absolute atomic E-state index is 0.217. The van der Waals surface area contributed by atoms with Gasteiger partial charge in [0, 0.05) is 5.56 Å². The molecule has 0 radical (unpaired) electrons. The molecule has 0 saturated heterocycles. The number of benzene rings is 2. The molecule has 1 N–H and O–H groups in total. The van der Waals surface area contributed by atoms with E-state index in [0.717, 1.165) is 24.0 Å². The smallest absolute Gasteiger partial charge is 0.199 e. The molecule has 1 unspecified atom stereocenters. The molecule has 0 fully saturated rings. The summed E-state index contributed by atoms with van der Waals surface area (Å²) in [6.07, 6.45) is 21.3. The van der Waals surface area contributed by atoms with Crippen LogP contribution < -0.4 is 0 Å². The Balaban J connectivity index is 1.30. The summed E-state index contributed by atoms with van der Waals surface area (Å²) in [4.78, 5) is 17.7. The van der Waals surface area contributed by atoms with Gasteiger partial charge in [0.25, 0.3) is 0 Å². The standard InChI is InChI=1S/C33H47NO2/c1-2-3-4-5-6-7-8-9-10-11-12-13-14-15-16-18-22-27-25-21-26-29-30(27)32(35)33(36)31(34-29)28-23-19-17-20-24-28/h17,19-21,23-26,33,36H,2-16,18,22H2,1H3. The zero-order valence-electron chi connectivity index (χ0n) is 22.5. The summed E-state index contributed by atoms with van der Waals surface area (Å²) in [6.45, 7) is 2.28. The SMILES string of the molecule is CCCCCCCCCCCCCCCCCCc1cccc2c1C(=O)C(O)C(c1ccccc1)=N2. The number of hydrogen-bond acceptors (Lipinski definition) is 3. The van der Waals surface area contributed by atoms with Crippen molar-refractivity contribution in [1.82, 2.24) is 0 Å². The molecule has 3 nitrogen and oxygen atoms in total. The van der Waals surface area contributed by atoms with E-state index in [1.54, 1.807) is 0 Å². The number of hydrogen-bond donors (Lipinski definition) is 1. The predicted molar refractivity (Wildman–Crippen MR) is 153 cm³/mol. The molecule has 0 bridgehead atoms. The van der Waals surface area contributed by atoms with Crippen molar-refractivity contribution in [3.8, 4) is 0 Å².